The maximum atomic E-state index is 13.6. The van der Waals surface area contributed by atoms with Crippen molar-refractivity contribution in [2.24, 2.45) is 10.9 Å². The number of carboxylic acid groups (broad SMARTS) is 1. The Hall–Kier alpha value is -2.82. The molecule has 0 spiro atoms. The first-order valence-corrected chi connectivity index (χ1v) is 13.0. The van der Waals surface area contributed by atoms with Gasteiger partial charge in [-0.1, -0.05) is 25.4 Å². The number of aliphatic imine (C=N–C) groups is 1. The highest BCUT2D eigenvalue weighted by Crippen LogP contribution is 2.33. The van der Waals surface area contributed by atoms with E-state index in [9.17, 15) is 13.2 Å². The summed E-state index contributed by atoms with van der Waals surface area (Å²) in [5.74, 6) is -0.891. The first-order valence-electron chi connectivity index (χ1n) is 11.2. The fourth-order valence-corrected chi connectivity index (χ4v) is 5.59. The lowest BCUT2D eigenvalue weighted by atomic mass is 9.83. The Morgan fingerprint density at radius 2 is 2.06 bits per heavy atom. The van der Waals surface area contributed by atoms with Crippen LogP contribution in [-0.4, -0.2) is 60.3 Å². The second kappa shape index (κ2) is 11.3. The second-order valence-corrected chi connectivity index (χ2v) is 11.1. The van der Waals surface area contributed by atoms with Crippen molar-refractivity contribution in [1.82, 2.24) is 9.29 Å². The zero-order valence-electron chi connectivity index (χ0n) is 19.8. The highest BCUT2D eigenvalue weighted by atomic mass is 35.5. The van der Waals surface area contributed by atoms with Crippen LogP contribution in [0, 0.1) is 11.3 Å². The lowest BCUT2D eigenvalue weighted by Gasteiger charge is -2.36. The number of hydrogen-bond donors (Lipinski definition) is 2. The van der Waals surface area contributed by atoms with Gasteiger partial charge in [0.15, 0.2) is 0 Å². The molecule has 1 saturated carbocycles. The normalized spacial score (nSPS) is 19.8. The van der Waals surface area contributed by atoms with Gasteiger partial charge in [0, 0.05) is 41.5 Å². The van der Waals surface area contributed by atoms with Crippen molar-refractivity contribution in [3.05, 3.63) is 47.1 Å². The molecule has 1 aliphatic rings. The van der Waals surface area contributed by atoms with E-state index in [4.69, 9.17) is 26.9 Å². The van der Waals surface area contributed by atoms with Gasteiger partial charge in [-0.25, -0.2) is 13.4 Å². The Balaban J connectivity index is 1.92. The summed E-state index contributed by atoms with van der Waals surface area (Å²) in [6.07, 6.45) is 4.14. The molecule has 1 aromatic heterocycles. The number of aromatic nitrogens is 1. The molecule has 0 radical (unpaired) electrons. The lowest BCUT2D eigenvalue weighted by Crippen LogP contribution is -2.47. The molecule has 2 atom stereocenters. The van der Waals surface area contributed by atoms with Gasteiger partial charge in [0.05, 0.1) is 6.20 Å². The molecule has 1 aromatic carbocycles. The average molecular weight is 521 g/mol. The minimum absolute atomic E-state index is 0.0190. The average Bonchev–Trinajstić information content (AvgIpc) is 2.83. The van der Waals surface area contributed by atoms with Crippen molar-refractivity contribution in [2.45, 2.75) is 50.0 Å². The van der Waals surface area contributed by atoms with Gasteiger partial charge < -0.3 is 15.3 Å². The van der Waals surface area contributed by atoms with Crippen LogP contribution in [0.2, 0.25) is 5.02 Å². The Kier molecular flexibility index (Phi) is 8.63. The van der Waals surface area contributed by atoms with Crippen LogP contribution in [0.3, 0.4) is 0 Å². The van der Waals surface area contributed by atoms with Crippen LogP contribution in [0.1, 0.15) is 44.6 Å². The fourth-order valence-electron chi connectivity index (χ4n) is 4.08. The lowest BCUT2D eigenvalue weighted by molar-refractivity contribution is -0.135. The Morgan fingerprint density at radius 1 is 1.37 bits per heavy atom. The van der Waals surface area contributed by atoms with Crippen LogP contribution in [-0.2, 0) is 14.8 Å². The third kappa shape index (κ3) is 6.25. The number of pyridine rings is 1. The molecule has 2 aromatic rings. The molecule has 188 valence electrons. The van der Waals surface area contributed by atoms with E-state index >= 15 is 0 Å². The smallest absolute Gasteiger partial charge is 0.325 e. The number of benzene rings is 1. The van der Waals surface area contributed by atoms with Crippen molar-refractivity contribution in [1.29, 1.82) is 5.41 Å². The third-order valence-electron chi connectivity index (χ3n) is 5.98. The molecule has 3 rings (SSSR count). The fraction of sp³-hybridized carbons (Fsp3) is 0.417. The molecule has 1 fully saturated rings. The van der Waals surface area contributed by atoms with Crippen LogP contribution in [0.25, 0.3) is 0 Å². The summed E-state index contributed by atoms with van der Waals surface area (Å²) >= 11 is 5.93. The first-order chi connectivity index (χ1) is 16.5. The summed E-state index contributed by atoms with van der Waals surface area (Å²) < 4.78 is 34.3. The van der Waals surface area contributed by atoms with Crippen molar-refractivity contribution in [3.63, 3.8) is 0 Å². The molecule has 0 bridgehead atoms. The zero-order valence-corrected chi connectivity index (χ0v) is 21.4. The molecule has 1 aliphatic carbocycles. The number of sulfonamides is 1. The summed E-state index contributed by atoms with van der Waals surface area (Å²) in [7, 11) is -2.49. The molecule has 2 unspecified atom stereocenters. The van der Waals surface area contributed by atoms with Crippen molar-refractivity contribution >= 4 is 39.5 Å². The number of halogens is 1. The molecule has 35 heavy (non-hydrogen) atoms. The minimum Gasteiger partial charge on any atom is -0.480 e. The molecule has 0 aliphatic heterocycles. The highest BCUT2D eigenvalue weighted by Gasteiger charge is 2.37. The molecule has 2 N–H and O–H groups in total. The van der Waals surface area contributed by atoms with Gasteiger partial charge in [-0.15, -0.1) is 0 Å². The zero-order chi connectivity index (χ0) is 25.8. The molecular weight excluding hydrogens is 492 g/mol. The molecule has 9 nitrogen and oxygen atoms in total. The predicted octanol–water partition coefficient (Wildman–Crippen LogP) is 4.62. The summed E-state index contributed by atoms with van der Waals surface area (Å²) in [5.41, 5.74) is 1.17. The number of hydrogen-bond acceptors (Lipinski definition) is 7. The van der Waals surface area contributed by atoms with Gasteiger partial charge in [0.2, 0.25) is 15.9 Å². The van der Waals surface area contributed by atoms with Crippen LogP contribution < -0.4 is 4.74 Å². The summed E-state index contributed by atoms with van der Waals surface area (Å²) in [5, 5.41) is 17.4. The van der Waals surface area contributed by atoms with E-state index in [1.165, 1.54) is 17.5 Å². The van der Waals surface area contributed by atoms with E-state index in [2.05, 4.69) is 9.98 Å². The van der Waals surface area contributed by atoms with Gasteiger partial charge in [0.1, 0.15) is 17.2 Å². The molecule has 0 saturated heterocycles. The van der Waals surface area contributed by atoms with Crippen LogP contribution >= 0.6 is 11.6 Å². The summed E-state index contributed by atoms with van der Waals surface area (Å²) in [6, 6.07) is 7.81. The molecule has 1 heterocycles. The number of nitrogens with zero attached hydrogens (tertiary/aromatic N) is 3. The van der Waals surface area contributed by atoms with Crippen molar-refractivity contribution in [2.75, 3.05) is 13.6 Å². The number of aliphatic carboxylic acids is 1. The topological polar surface area (TPSA) is 133 Å². The third-order valence-corrected chi connectivity index (χ3v) is 8.08. The van der Waals surface area contributed by atoms with E-state index in [0.717, 1.165) is 6.21 Å². The summed E-state index contributed by atoms with van der Waals surface area (Å²) in [4.78, 5) is 19.4. The van der Waals surface area contributed by atoms with Crippen LogP contribution in [0.4, 0.5) is 0 Å². The number of rotatable bonds is 9. The number of carbonyl (C=O) groups is 1. The predicted molar refractivity (Wildman–Crippen MR) is 135 cm³/mol. The van der Waals surface area contributed by atoms with E-state index in [1.54, 1.807) is 30.3 Å². The molecule has 0 amide bonds. The first kappa shape index (κ1) is 26.8. The number of nitrogens with one attached hydrogen (secondary N) is 1. The van der Waals surface area contributed by atoms with E-state index < -0.39 is 34.5 Å². The monoisotopic (exact) mass is 520 g/mol. The number of ether oxygens (including phenoxy) is 1. The molecular formula is C24H29ClN4O5S. The Labute approximate surface area is 210 Å². The maximum absolute atomic E-state index is 13.6. The largest absolute Gasteiger partial charge is 0.480 e. The van der Waals surface area contributed by atoms with Crippen LogP contribution in [0.5, 0.6) is 11.6 Å². The Morgan fingerprint density at radius 3 is 2.66 bits per heavy atom. The maximum Gasteiger partial charge on any atom is 0.325 e. The van der Waals surface area contributed by atoms with Gasteiger partial charge in [-0.3, -0.25) is 9.79 Å². The second-order valence-electron chi connectivity index (χ2n) is 8.65. The van der Waals surface area contributed by atoms with Crippen molar-refractivity contribution in [3.8, 4) is 11.6 Å². The van der Waals surface area contributed by atoms with E-state index in [-0.39, 0.29) is 10.8 Å². The van der Waals surface area contributed by atoms with Crippen molar-refractivity contribution < 1.29 is 23.1 Å². The SMILES string of the molecule is CC(C)c1cc(S(=O)(=O)N(C)C2CCCC(=NCC(=O)O)C2C=N)cnc1Oc1ccc(Cl)cc1. The molecule has 11 heteroatoms. The minimum atomic E-state index is -3.96. The van der Waals surface area contributed by atoms with E-state index in [0.29, 0.717) is 47.2 Å². The summed E-state index contributed by atoms with van der Waals surface area (Å²) in [6.45, 7) is 3.44. The van der Waals surface area contributed by atoms with Crippen LogP contribution in [0.15, 0.2) is 46.4 Å². The Bertz CT molecular complexity index is 1210. The van der Waals surface area contributed by atoms with Gasteiger partial charge in [-0.2, -0.15) is 4.31 Å². The van der Waals surface area contributed by atoms with Gasteiger partial charge in [-0.05, 0) is 55.5 Å². The van der Waals surface area contributed by atoms with Gasteiger partial charge in [0.25, 0.3) is 0 Å². The number of carboxylic acids is 1. The quantitative estimate of drug-likeness (QED) is 0.463. The standard InChI is InChI=1S/C24H29ClN4O5S/c1-15(2)19-11-18(13-28-24(19)34-17-9-7-16(25)8-10-17)35(32,33)29(3)22-6-4-5-21(20(22)12-26)27-14-23(30)31/h7-13,15,20,22,26H,4-6,14H2,1-3H3,(H,30,31). The van der Waals surface area contributed by atoms with E-state index in [1.807, 2.05) is 13.8 Å². The highest BCUT2D eigenvalue weighted by molar-refractivity contribution is 7.89. The van der Waals surface area contributed by atoms with Gasteiger partial charge >= 0.3 is 5.97 Å².